The molecule has 0 aliphatic rings. The standard InChI is InChI=1S/C17H18O2/c1-14-7-5-6-10-16(14)17(18)13-19-12-11-15-8-3-2-4-9-15/h2-10H,11-13H2,1H3. The van der Waals surface area contributed by atoms with Crippen molar-refractivity contribution in [2.24, 2.45) is 0 Å². The third-order valence-corrected chi connectivity index (χ3v) is 3.06. The smallest absolute Gasteiger partial charge is 0.188 e. The molecule has 19 heavy (non-hydrogen) atoms. The Morgan fingerprint density at radius 3 is 2.42 bits per heavy atom. The molecule has 2 aromatic rings. The monoisotopic (exact) mass is 254 g/mol. The zero-order valence-corrected chi connectivity index (χ0v) is 11.1. The fourth-order valence-electron chi connectivity index (χ4n) is 1.96. The number of ketones is 1. The van der Waals surface area contributed by atoms with Crippen molar-refractivity contribution >= 4 is 5.78 Å². The number of benzene rings is 2. The molecule has 0 bridgehead atoms. The van der Waals surface area contributed by atoms with Crippen molar-refractivity contribution in [2.75, 3.05) is 13.2 Å². The number of rotatable bonds is 6. The molecule has 0 fully saturated rings. The summed E-state index contributed by atoms with van der Waals surface area (Å²) in [7, 11) is 0. The van der Waals surface area contributed by atoms with Crippen LogP contribution in [0, 0.1) is 6.92 Å². The molecule has 2 rings (SSSR count). The van der Waals surface area contributed by atoms with E-state index in [-0.39, 0.29) is 12.4 Å². The van der Waals surface area contributed by atoms with Crippen molar-refractivity contribution in [1.82, 2.24) is 0 Å². The molecule has 0 atom stereocenters. The molecule has 0 heterocycles. The molecule has 0 aliphatic heterocycles. The topological polar surface area (TPSA) is 26.3 Å². The van der Waals surface area contributed by atoms with Crippen molar-refractivity contribution in [3.8, 4) is 0 Å². The van der Waals surface area contributed by atoms with Crippen LogP contribution < -0.4 is 0 Å². The van der Waals surface area contributed by atoms with E-state index in [0.29, 0.717) is 6.61 Å². The minimum absolute atomic E-state index is 0.0474. The number of aryl methyl sites for hydroxylation is 1. The van der Waals surface area contributed by atoms with Gasteiger partial charge in [-0.3, -0.25) is 4.79 Å². The van der Waals surface area contributed by atoms with Crippen LogP contribution in [0.4, 0.5) is 0 Å². The van der Waals surface area contributed by atoms with Gasteiger partial charge in [0.05, 0.1) is 6.61 Å². The second-order valence-corrected chi connectivity index (χ2v) is 4.53. The average molecular weight is 254 g/mol. The highest BCUT2D eigenvalue weighted by Gasteiger charge is 2.07. The fourth-order valence-corrected chi connectivity index (χ4v) is 1.96. The molecule has 2 nitrogen and oxygen atoms in total. The van der Waals surface area contributed by atoms with Crippen LogP contribution in [0.15, 0.2) is 54.6 Å². The molecular weight excluding hydrogens is 236 g/mol. The van der Waals surface area contributed by atoms with E-state index in [1.165, 1.54) is 5.56 Å². The number of hydrogen-bond acceptors (Lipinski definition) is 2. The van der Waals surface area contributed by atoms with Crippen molar-refractivity contribution in [3.63, 3.8) is 0 Å². The SMILES string of the molecule is Cc1ccccc1C(=O)COCCc1ccccc1. The normalized spacial score (nSPS) is 10.4. The lowest BCUT2D eigenvalue weighted by Gasteiger charge is -2.06. The van der Waals surface area contributed by atoms with Gasteiger partial charge in [0.25, 0.3) is 0 Å². The number of carbonyl (C=O) groups excluding carboxylic acids is 1. The Labute approximate surface area is 114 Å². The zero-order chi connectivity index (χ0) is 13.5. The largest absolute Gasteiger partial charge is 0.373 e. The van der Waals surface area contributed by atoms with Crippen LogP contribution in [0.5, 0.6) is 0 Å². The molecule has 98 valence electrons. The Hall–Kier alpha value is -1.93. The molecule has 0 spiro atoms. The summed E-state index contributed by atoms with van der Waals surface area (Å²) in [4.78, 5) is 12.0. The maximum atomic E-state index is 12.0. The Balaban J connectivity index is 1.77. The van der Waals surface area contributed by atoms with Gasteiger partial charge >= 0.3 is 0 Å². The lowest BCUT2D eigenvalue weighted by molar-refractivity contribution is 0.0765. The lowest BCUT2D eigenvalue weighted by Crippen LogP contribution is -2.12. The molecule has 2 heteroatoms. The van der Waals surface area contributed by atoms with E-state index < -0.39 is 0 Å². The van der Waals surface area contributed by atoms with Gasteiger partial charge in [-0.15, -0.1) is 0 Å². The van der Waals surface area contributed by atoms with Gasteiger partial charge in [-0.2, -0.15) is 0 Å². The zero-order valence-electron chi connectivity index (χ0n) is 11.1. The molecule has 2 aromatic carbocycles. The second kappa shape index (κ2) is 6.86. The van der Waals surface area contributed by atoms with Crippen molar-refractivity contribution in [3.05, 3.63) is 71.3 Å². The number of Topliss-reactive ketones (excluding diaryl/α,β-unsaturated/α-hetero) is 1. The molecular formula is C17H18O2. The quantitative estimate of drug-likeness (QED) is 0.583. The van der Waals surface area contributed by atoms with Crippen molar-refractivity contribution in [1.29, 1.82) is 0 Å². The molecule has 0 N–H and O–H groups in total. The maximum absolute atomic E-state index is 12.0. The lowest BCUT2D eigenvalue weighted by atomic mass is 10.1. The van der Waals surface area contributed by atoms with Crippen LogP contribution >= 0.6 is 0 Å². The molecule has 0 saturated carbocycles. The predicted octanol–water partition coefficient (Wildman–Crippen LogP) is 3.44. The van der Waals surface area contributed by atoms with E-state index in [1.807, 2.05) is 49.4 Å². The van der Waals surface area contributed by atoms with Crippen molar-refractivity contribution in [2.45, 2.75) is 13.3 Å². The molecule has 0 saturated heterocycles. The van der Waals surface area contributed by atoms with Crippen LogP contribution in [0.3, 0.4) is 0 Å². The summed E-state index contributed by atoms with van der Waals surface area (Å²) in [6.07, 6.45) is 0.835. The van der Waals surface area contributed by atoms with Crippen LogP contribution in [0.2, 0.25) is 0 Å². The second-order valence-electron chi connectivity index (χ2n) is 4.53. The highest BCUT2D eigenvalue weighted by molar-refractivity contribution is 5.98. The van der Waals surface area contributed by atoms with Crippen LogP contribution in [0.25, 0.3) is 0 Å². The number of ether oxygens (including phenoxy) is 1. The summed E-state index contributed by atoms with van der Waals surface area (Å²) in [5.74, 6) is 0.0474. The van der Waals surface area contributed by atoms with Gasteiger partial charge in [-0.05, 0) is 24.5 Å². The average Bonchev–Trinajstić information content (AvgIpc) is 2.45. The van der Waals surface area contributed by atoms with Crippen LogP contribution in [0.1, 0.15) is 21.5 Å². The molecule has 0 aliphatic carbocycles. The van der Waals surface area contributed by atoms with E-state index in [9.17, 15) is 4.79 Å². The maximum Gasteiger partial charge on any atom is 0.188 e. The van der Waals surface area contributed by atoms with Crippen LogP contribution in [-0.4, -0.2) is 19.0 Å². The summed E-state index contributed by atoms with van der Waals surface area (Å²) in [5.41, 5.74) is 2.98. The first-order chi connectivity index (χ1) is 9.27. The van der Waals surface area contributed by atoms with E-state index >= 15 is 0 Å². The predicted molar refractivity (Wildman–Crippen MR) is 76.5 cm³/mol. The highest BCUT2D eigenvalue weighted by Crippen LogP contribution is 2.08. The first-order valence-corrected chi connectivity index (χ1v) is 6.48. The third kappa shape index (κ3) is 4.04. The van der Waals surface area contributed by atoms with Gasteiger partial charge in [-0.25, -0.2) is 0 Å². The van der Waals surface area contributed by atoms with Gasteiger partial charge < -0.3 is 4.74 Å². The molecule has 0 amide bonds. The minimum atomic E-state index is 0.0474. The van der Waals surface area contributed by atoms with E-state index in [0.717, 1.165) is 17.5 Å². The van der Waals surface area contributed by atoms with Gasteiger partial charge in [-0.1, -0.05) is 54.6 Å². The first kappa shape index (κ1) is 13.5. The van der Waals surface area contributed by atoms with E-state index in [1.54, 1.807) is 0 Å². The first-order valence-electron chi connectivity index (χ1n) is 6.48. The summed E-state index contributed by atoms with van der Waals surface area (Å²) < 4.78 is 5.46. The Kier molecular flexibility index (Phi) is 4.87. The third-order valence-electron chi connectivity index (χ3n) is 3.06. The Bertz CT molecular complexity index is 532. The van der Waals surface area contributed by atoms with Crippen LogP contribution in [-0.2, 0) is 11.2 Å². The molecule has 0 aromatic heterocycles. The summed E-state index contributed by atoms with van der Waals surface area (Å²) in [6, 6.07) is 17.7. The number of carbonyl (C=O) groups is 1. The Morgan fingerprint density at radius 1 is 1.00 bits per heavy atom. The summed E-state index contributed by atoms with van der Waals surface area (Å²) in [5, 5.41) is 0. The molecule has 0 unspecified atom stereocenters. The fraction of sp³-hybridized carbons (Fsp3) is 0.235. The van der Waals surface area contributed by atoms with Gasteiger partial charge in [0, 0.05) is 5.56 Å². The minimum Gasteiger partial charge on any atom is -0.373 e. The number of hydrogen-bond donors (Lipinski definition) is 0. The summed E-state index contributed by atoms with van der Waals surface area (Å²) in [6.45, 7) is 2.66. The highest BCUT2D eigenvalue weighted by atomic mass is 16.5. The Morgan fingerprint density at radius 2 is 1.68 bits per heavy atom. The summed E-state index contributed by atoms with van der Waals surface area (Å²) >= 11 is 0. The van der Waals surface area contributed by atoms with Gasteiger partial charge in [0.2, 0.25) is 0 Å². The van der Waals surface area contributed by atoms with Gasteiger partial charge in [0.15, 0.2) is 5.78 Å². The van der Waals surface area contributed by atoms with Crippen molar-refractivity contribution < 1.29 is 9.53 Å². The van der Waals surface area contributed by atoms with E-state index in [4.69, 9.17) is 4.74 Å². The van der Waals surface area contributed by atoms with E-state index in [2.05, 4.69) is 12.1 Å². The molecule has 0 radical (unpaired) electrons. The van der Waals surface area contributed by atoms with Gasteiger partial charge in [0.1, 0.15) is 6.61 Å².